The van der Waals surface area contributed by atoms with Crippen LogP contribution in [0.2, 0.25) is 5.02 Å². The van der Waals surface area contributed by atoms with E-state index in [9.17, 15) is 5.11 Å². The first-order valence-corrected chi connectivity index (χ1v) is 11.5. The van der Waals surface area contributed by atoms with Crippen molar-refractivity contribution in [3.8, 4) is 11.3 Å². The number of aliphatic hydroxyl groups is 1. The number of pyridine rings is 2. The maximum absolute atomic E-state index is 9.75. The third kappa shape index (κ3) is 4.14. The number of aliphatic hydroxyl groups excluding tert-OH is 1. The highest BCUT2D eigenvalue weighted by Crippen LogP contribution is 2.33. The molecule has 2 aliphatic heterocycles. The van der Waals surface area contributed by atoms with Gasteiger partial charge in [0.15, 0.2) is 0 Å². The van der Waals surface area contributed by atoms with Gasteiger partial charge in [-0.05, 0) is 43.9 Å². The van der Waals surface area contributed by atoms with Crippen LogP contribution < -0.4 is 9.80 Å². The minimum atomic E-state index is -0.201. The molecule has 166 valence electrons. The summed E-state index contributed by atoms with van der Waals surface area (Å²) in [5.74, 6) is 1.66. The molecule has 5 heterocycles. The number of aryl methyl sites for hydroxylation is 2. The highest BCUT2D eigenvalue weighted by Gasteiger charge is 2.24. The molecule has 0 bridgehead atoms. The average Bonchev–Trinajstić information content (AvgIpc) is 2.80. The first kappa shape index (κ1) is 21.1. The number of fused-ring (bicyclic) bond motifs is 1. The van der Waals surface area contributed by atoms with Crippen molar-refractivity contribution in [1.82, 2.24) is 19.9 Å². The van der Waals surface area contributed by atoms with Gasteiger partial charge in [-0.15, -0.1) is 0 Å². The van der Waals surface area contributed by atoms with E-state index < -0.39 is 0 Å². The van der Waals surface area contributed by atoms with Crippen molar-refractivity contribution in [3.63, 3.8) is 0 Å². The lowest BCUT2D eigenvalue weighted by Crippen LogP contribution is -2.38. The fraction of sp³-hybridized carbons (Fsp3) is 0.417. The fourth-order valence-electron chi connectivity index (χ4n) is 4.50. The molecule has 0 aromatic carbocycles. The predicted molar refractivity (Wildman–Crippen MR) is 126 cm³/mol. The van der Waals surface area contributed by atoms with Crippen LogP contribution in [0.1, 0.15) is 35.2 Å². The number of rotatable bonds is 3. The number of aromatic nitrogens is 4. The van der Waals surface area contributed by atoms with E-state index in [0.717, 1.165) is 84.3 Å². The Morgan fingerprint density at radius 1 is 0.969 bits per heavy atom. The zero-order chi connectivity index (χ0) is 22.2. The molecule has 2 aliphatic rings. The van der Waals surface area contributed by atoms with Crippen LogP contribution in [0.15, 0.2) is 30.7 Å². The highest BCUT2D eigenvalue weighted by molar-refractivity contribution is 6.33. The van der Waals surface area contributed by atoms with Gasteiger partial charge in [-0.25, -0.2) is 15.0 Å². The molecule has 7 nitrogen and oxygen atoms in total. The lowest BCUT2D eigenvalue weighted by atomic mass is 10.0. The Bertz CT molecular complexity index is 1150. The molecule has 0 radical (unpaired) electrons. The van der Waals surface area contributed by atoms with Crippen LogP contribution in [0.25, 0.3) is 11.3 Å². The fourth-order valence-corrected chi connectivity index (χ4v) is 4.69. The topological polar surface area (TPSA) is 78.3 Å². The monoisotopic (exact) mass is 450 g/mol. The molecule has 1 saturated heterocycles. The summed E-state index contributed by atoms with van der Waals surface area (Å²) in [7, 11) is 0. The quantitative estimate of drug-likeness (QED) is 0.651. The Hall–Kier alpha value is -2.77. The summed E-state index contributed by atoms with van der Waals surface area (Å²) in [4.78, 5) is 23.1. The van der Waals surface area contributed by atoms with E-state index in [1.165, 1.54) is 0 Å². The molecule has 3 aromatic heterocycles. The Kier molecular flexibility index (Phi) is 5.69. The highest BCUT2D eigenvalue weighted by atomic mass is 35.5. The Labute approximate surface area is 193 Å². The van der Waals surface area contributed by atoms with Crippen LogP contribution in [-0.2, 0) is 13.0 Å². The summed E-state index contributed by atoms with van der Waals surface area (Å²) < 4.78 is 0. The minimum Gasteiger partial charge on any atom is -0.393 e. The molecule has 0 saturated carbocycles. The maximum Gasteiger partial charge on any atom is 0.225 e. The third-order valence-electron chi connectivity index (χ3n) is 6.30. The van der Waals surface area contributed by atoms with E-state index in [4.69, 9.17) is 16.6 Å². The van der Waals surface area contributed by atoms with Crippen LogP contribution in [-0.4, -0.2) is 50.8 Å². The second-order valence-electron chi connectivity index (χ2n) is 8.73. The van der Waals surface area contributed by atoms with E-state index in [2.05, 4.69) is 37.7 Å². The van der Waals surface area contributed by atoms with Gasteiger partial charge in [0.1, 0.15) is 5.82 Å². The first-order valence-electron chi connectivity index (χ1n) is 11.1. The number of halogens is 1. The van der Waals surface area contributed by atoms with E-state index in [-0.39, 0.29) is 6.10 Å². The molecule has 5 rings (SSSR count). The molecule has 0 atom stereocenters. The SMILES string of the molecule is Cc1cnc(-c2cc(N3CCc4nc(N5CCC(O)CC5)ncc4C3)ncc2Cl)c(C)c1. The van der Waals surface area contributed by atoms with Crippen molar-refractivity contribution in [3.05, 3.63) is 58.1 Å². The molecule has 0 amide bonds. The van der Waals surface area contributed by atoms with Gasteiger partial charge in [0, 0.05) is 62.3 Å². The number of nitrogens with zero attached hydrogens (tertiary/aromatic N) is 6. The smallest absolute Gasteiger partial charge is 0.225 e. The van der Waals surface area contributed by atoms with Crippen molar-refractivity contribution in [2.24, 2.45) is 0 Å². The third-order valence-corrected chi connectivity index (χ3v) is 6.60. The number of hydrogen-bond donors (Lipinski definition) is 1. The summed E-state index contributed by atoms with van der Waals surface area (Å²) in [5.41, 5.74) is 6.24. The minimum absolute atomic E-state index is 0.201. The summed E-state index contributed by atoms with van der Waals surface area (Å²) in [6.45, 7) is 7.24. The van der Waals surface area contributed by atoms with Gasteiger partial charge in [0.2, 0.25) is 5.95 Å². The van der Waals surface area contributed by atoms with Crippen molar-refractivity contribution in [2.75, 3.05) is 29.4 Å². The van der Waals surface area contributed by atoms with E-state index >= 15 is 0 Å². The van der Waals surface area contributed by atoms with Crippen LogP contribution in [0, 0.1) is 13.8 Å². The zero-order valence-electron chi connectivity index (χ0n) is 18.4. The van der Waals surface area contributed by atoms with Crippen molar-refractivity contribution >= 4 is 23.4 Å². The number of hydrogen-bond acceptors (Lipinski definition) is 7. The molecular weight excluding hydrogens is 424 g/mol. The number of anilines is 2. The molecule has 0 spiro atoms. The predicted octanol–water partition coefficient (Wildman–Crippen LogP) is 3.73. The molecular formula is C24H27ClN6O. The lowest BCUT2D eigenvalue weighted by molar-refractivity contribution is 0.145. The van der Waals surface area contributed by atoms with Crippen LogP contribution in [0.3, 0.4) is 0 Å². The van der Waals surface area contributed by atoms with Crippen molar-refractivity contribution in [2.45, 2.75) is 45.8 Å². The summed E-state index contributed by atoms with van der Waals surface area (Å²) >= 11 is 6.50. The lowest BCUT2D eigenvalue weighted by Gasteiger charge is -2.32. The first-order chi connectivity index (χ1) is 15.5. The van der Waals surface area contributed by atoms with Crippen molar-refractivity contribution < 1.29 is 5.11 Å². The van der Waals surface area contributed by atoms with Gasteiger partial charge in [0.25, 0.3) is 0 Å². The van der Waals surface area contributed by atoms with Gasteiger partial charge < -0.3 is 14.9 Å². The summed E-state index contributed by atoms with van der Waals surface area (Å²) in [6.07, 6.45) is 7.71. The maximum atomic E-state index is 9.75. The standard InChI is InChI=1S/C24H27ClN6O/c1-15-9-16(2)23(27-11-15)19-10-22(26-13-20(19)25)31-8-5-21-17(14-31)12-28-24(29-21)30-6-3-18(32)4-7-30/h9-13,18,32H,3-8,14H2,1-2H3. The van der Waals surface area contributed by atoms with E-state index in [0.29, 0.717) is 11.6 Å². The normalized spacial score (nSPS) is 16.9. The second-order valence-corrected chi connectivity index (χ2v) is 9.14. The summed E-state index contributed by atoms with van der Waals surface area (Å²) in [6, 6.07) is 4.15. The molecule has 1 fully saturated rings. The Morgan fingerprint density at radius 3 is 2.56 bits per heavy atom. The molecule has 1 N–H and O–H groups in total. The van der Waals surface area contributed by atoms with Gasteiger partial charge >= 0.3 is 0 Å². The van der Waals surface area contributed by atoms with E-state index in [1.54, 1.807) is 6.20 Å². The number of piperidine rings is 1. The average molecular weight is 451 g/mol. The zero-order valence-corrected chi connectivity index (χ0v) is 19.2. The summed E-state index contributed by atoms with van der Waals surface area (Å²) in [5, 5.41) is 10.4. The van der Waals surface area contributed by atoms with Crippen LogP contribution in [0.5, 0.6) is 0 Å². The van der Waals surface area contributed by atoms with Crippen LogP contribution in [0.4, 0.5) is 11.8 Å². The van der Waals surface area contributed by atoms with Gasteiger partial charge in [-0.2, -0.15) is 0 Å². The molecule has 3 aromatic rings. The van der Waals surface area contributed by atoms with Gasteiger partial charge in [-0.3, -0.25) is 4.98 Å². The second kappa shape index (κ2) is 8.64. The van der Waals surface area contributed by atoms with Gasteiger partial charge in [-0.1, -0.05) is 17.7 Å². The Balaban J connectivity index is 1.38. The van der Waals surface area contributed by atoms with Crippen LogP contribution >= 0.6 is 11.6 Å². The largest absolute Gasteiger partial charge is 0.393 e. The molecule has 32 heavy (non-hydrogen) atoms. The Morgan fingerprint density at radius 2 is 1.78 bits per heavy atom. The van der Waals surface area contributed by atoms with E-state index in [1.807, 2.05) is 25.4 Å². The molecule has 0 aliphatic carbocycles. The molecule has 8 heteroatoms. The van der Waals surface area contributed by atoms with Crippen molar-refractivity contribution in [1.29, 1.82) is 0 Å². The van der Waals surface area contributed by atoms with Gasteiger partial charge in [0.05, 0.1) is 22.5 Å². The molecule has 0 unspecified atom stereocenters.